The molecule has 138 valence electrons. The molecule has 0 atom stereocenters. The van der Waals surface area contributed by atoms with E-state index in [1.165, 1.54) is 0 Å². The molecule has 1 aliphatic rings. The minimum atomic E-state index is -0.873. The number of nitrogens with two attached hydrogens (primary N) is 1. The Labute approximate surface area is 145 Å². The number of amides is 2. The summed E-state index contributed by atoms with van der Waals surface area (Å²) >= 11 is 0. The maximum absolute atomic E-state index is 13.8. The van der Waals surface area contributed by atoms with Gasteiger partial charge in [0.05, 0.1) is 11.3 Å². The van der Waals surface area contributed by atoms with Crippen molar-refractivity contribution < 1.29 is 23.1 Å². The van der Waals surface area contributed by atoms with Crippen molar-refractivity contribution in [2.24, 2.45) is 0 Å². The molecule has 0 aliphatic carbocycles. The second kappa shape index (κ2) is 7.25. The van der Waals surface area contributed by atoms with Gasteiger partial charge in [-0.3, -0.25) is 4.79 Å². The molecular weight excluding hydrogens is 332 g/mol. The molecule has 0 bridgehead atoms. The van der Waals surface area contributed by atoms with Gasteiger partial charge in [-0.2, -0.15) is 0 Å². The number of ether oxygens (including phenoxy) is 1. The number of hydrogen-bond donors (Lipinski definition) is 2. The fraction of sp³-hybridized carbons (Fsp3) is 0.529. The Morgan fingerprint density at radius 3 is 2.36 bits per heavy atom. The van der Waals surface area contributed by atoms with Gasteiger partial charge in [-0.05, 0) is 39.7 Å². The number of nitrogens with zero attached hydrogens (tertiary/aromatic N) is 1. The monoisotopic (exact) mass is 355 g/mol. The first-order chi connectivity index (χ1) is 11.6. The molecule has 1 aliphatic heterocycles. The third kappa shape index (κ3) is 5.04. The first kappa shape index (κ1) is 19.0. The lowest BCUT2D eigenvalue weighted by Crippen LogP contribution is -2.47. The van der Waals surface area contributed by atoms with Gasteiger partial charge in [0, 0.05) is 25.2 Å². The third-order valence-electron chi connectivity index (χ3n) is 3.81. The number of carbonyl (C=O) groups excluding carboxylic acids is 2. The van der Waals surface area contributed by atoms with E-state index in [2.05, 4.69) is 5.32 Å². The number of nitrogen functional groups attached to an aromatic ring is 1. The van der Waals surface area contributed by atoms with Crippen LogP contribution in [0.5, 0.6) is 0 Å². The molecule has 2 rings (SSSR count). The number of nitrogens with one attached hydrogen (secondary N) is 1. The van der Waals surface area contributed by atoms with E-state index in [1.54, 1.807) is 25.7 Å². The molecule has 1 aromatic carbocycles. The summed E-state index contributed by atoms with van der Waals surface area (Å²) in [5.41, 5.74) is 3.96. The van der Waals surface area contributed by atoms with Crippen LogP contribution in [-0.4, -0.2) is 41.6 Å². The molecule has 1 saturated heterocycles. The summed E-state index contributed by atoms with van der Waals surface area (Å²) in [7, 11) is 0. The Morgan fingerprint density at radius 2 is 1.80 bits per heavy atom. The summed E-state index contributed by atoms with van der Waals surface area (Å²) in [6.45, 7) is 6.20. The molecule has 1 heterocycles. The minimum Gasteiger partial charge on any atom is -0.444 e. The van der Waals surface area contributed by atoms with Crippen molar-refractivity contribution in [3.8, 4) is 0 Å². The van der Waals surface area contributed by atoms with Crippen LogP contribution in [0.4, 0.5) is 19.3 Å². The highest BCUT2D eigenvalue weighted by Crippen LogP contribution is 2.19. The zero-order valence-electron chi connectivity index (χ0n) is 14.6. The predicted octanol–water partition coefficient (Wildman–Crippen LogP) is 2.68. The van der Waals surface area contributed by atoms with E-state index in [0.29, 0.717) is 25.9 Å². The van der Waals surface area contributed by atoms with Gasteiger partial charge in [0.2, 0.25) is 0 Å². The second-order valence-electron chi connectivity index (χ2n) is 7.07. The minimum absolute atomic E-state index is 0.230. The van der Waals surface area contributed by atoms with Crippen LogP contribution in [0.25, 0.3) is 0 Å². The lowest BCUT2D eigenvalue weighted by atomic mass is 10.0. The normalized spacial score (nSPS) is 15.8. The molecule has 25 heavy (non-hydrogen) atoms. The third-order valence-corrected chi connectivity index (χ3v) is 3.81. The zero-order chi connectivity index (χ0) is 18.8. The Morgan fingerprint density at radius 1 is 1.20 bits per heavy atom. The largest absolute Gasteiger partial charge is 0.444 e. The second-order valence-corrected chi connectivity index (χ2v) is 7.07. The van der Waals surface area contributed by atoms with E-state index < -0.39 is 29.2 Å². The van der Waals surface area contributed by atoms with Crippen LogP contribution >= 0.6 is 0 Å². The van der Waals surface area contributed by atoms with E-state index in [4.69, 9.17) is 10.5 Å². The van der Waals surface area contributed by atoms with Gasteiger partial charge in [0.25, 0.3) is 5.91 Å². The van der Waals surface area contributed by atoms with Gasteiger partial charge in [-0.25, -0.2) is 13.6 Å². The highest BCUT2D eigenvalue weighted by Gasteiger charge is 2.28. The van der Waals surface area contributed by atoms with Gasteiger partial charge in [-0.15, -0.1) is 0 Å². The van der Waals surface area contributed by atoms with Crippen LogP contribution in [0.15, 0.2) is 12.1 Å². The molecule has 6 nitrogen and oxygen atoms in total. The standard InChI is InChI=1S/C17H23F2N3O3/c1-17(2,3)25-16(24)22-6-4-10(5-7-22)21-15(23)11-8-13(19)14(20)9-12(11)18/h8-10H,4-7,20H2,1-3H3,(H,21,23). The zero-order valence-corrected chi connectivity index (χ0v) is 14.6. The van der Waals surface area contributed by atoms with E-state index in [0.717, 1.165) is 12.1 Å². The van der Waals surface area contributed by atoms with Crippen molar-refractivity contribution in [1.29, 1.82) is 0 Å². The number of halogens is 2. The van der Waals surface area contributed by atoms with E-state index >= 15 is 0 Å². The first-order valence-electron chi connectivity index (χ1n) is 8.10. The predicted molar refractivity (Wildman–Crippen MR) is 89.1 cm³/mol. The van der Waals surface area contributed by atoms with Crippen molar-refractivity contribution in [1.82, 2.24) is 10.2 Å². The lowest BCUT2D eigenvalue weighted by molar-refractivity contribution is 0.0199. The van der Waals surface area contributed by atoms with Crippen LogP contribution in [0.1, 0.15) is 44.0 Å². The molecule has 0 saturated carbocycles. The number of anilines is 1. The van der Waals surface area contributed by atoms with Crippen molar-refractivity contribution >= 4 is 17.7 Å². The maximum atomic E-state index is 13.8. The first-order valence-corrected chi connectivity index (χ1v) is 8.10. The summed E-state index contributed by atoms with van der Waals surface area (Å²) < 4.78 is 32.5. The molecule has 0 radical (unpaired) electrons. The molecule has 1 fully saturated rings. The van der Waals surface area contributed by atoms with E-state index in [-0.39, 0.29) is 17.3 Å². The highest BCUT2D eigenvalue weighted by atomic mass is 19.1. The molecule has 0 spiro atoms. The fourth-order valence-corrected chi connectivity index (χ4v) is 2.53. The SMILES string of the molecule is CC(C)(C)OC(=O)N1CCC(NC(=O)c2cc(F)c(N)cc2F)CC1. The molecular formula is C17H23F2N3O3. The van der Waals surface area contributed by atoms with Crippen molar-refractivity contribution in [2.75, 3.05) is 18.8 Å². The van der Waals surface area contributed by atoms with Gasteiger partial charge in [0.1, 0.15) is 17.2 Å². The molecule has 8 heteroatoms. The fourth-order valence-electron chi connectivity index (χ4n) is 2.53. The van der Waals surface area contributed by atoms with Crippen LogP contribution in [0, 0.1) is 11.6 Å². The number of likely N-dealkylation sites (tertiary alicyclic amines) is 1. The van der Waals surface area contributed by atoms with Crippen LogP contribution in [0.3, 0.4) is 0 Å². The maximum Gasteiger partial charge on any atom is 0.410 e. The summed E-state index contributed by atoms with van der Waals surface area (Å²) in [5.74, 6) is -2.42. The average Bonchev–Trinajstić information content (AvgIpc) is 2.49. The Hall–Kier alpha value is -2.38. The molecule has 0 unspecified atom stereocenters. The van der Waals surface area contributed by atoms with Crippen molar-refractivity contribution in [3.05, 3.63) is 29.3 Å². The van der Waals surface area contributed by atoms with Crippen molar-refractivity contribution in [2.45, 2.75) is 45.3 Å². The van der Waals surface area contributed by atoms with Gasteiger partial charge >= 0.3 is 6.09 Å². The number of hydrogen-bond acceptors (Lipinski definition) is 4. The van der Waals surface area contributed by atoms with Crippen molar-refractivity contribution in [3.63, 3.8) is 0 Å². The highest BCUT2D eigenvalue weighted by molar-refractivity contribution is 5.95. The summed E-state index contributed by atoms with van der Waals surface area (Å²) in [6.07, 6.45) is 0.609. The van der Waals surface area contributed by atoms with Crippen LogP contribution in [0.2, 0.25) is 0 Å². The Kier molecular flexibility index (Phi) is 5.49. The van der Waals surface area contributed by atoms with Crippen LogP contribution in [-0.2, 0) is 4.74 Å². The Balaban J connectivity index is 1.91. The summed E-state index contributed by atoms with van der Waals surface area (Å²) in [4.78, 5) is 25.7. The number of benzene rings is 1. The van der Waals surface area contributed by atoms with Gasteiger partial charge in [-0.1, -0.05) is 0 Å². The van der Waals surface area contributed by atoms with E-state index in [1.807, 2.05) is 0 Å². The van der Waals surface area contributed by atoms with E-state index in [9.17, 15) is 18.4 Å². The summed E-state index contributed by atoms with van der Waals surface area (Å²) in [6, 6.07) is 1.34. The number of carbonyl (C=O) groups is 2. The molecule has 2 amide bonds. The van der Waals surface area contributed by atoms with Crippen LogP contribution < -0.4 is 11.1 Å². The average molecular weight is 355 g/mol. The van der Waals surface area contributed by atoms with Gasteiger partial charge < -0.3 is 20.7 Å². The summed E-state index contributed by atoms with van der Waals surface area (Å²) in [5, 5.41) is 2.67. The smallest absolute Gasteiger partial charge is 0.410 e. The molecule has 1 aromatic rings. The molecule has 3 N–H and O–H groups in total. The lowest BCUT2D eigenvalue weighted by Gasteiger charge is -2.33. The number of rotatable bonds is 2. The quantitative estimate of drug-likeness (QED) is 0.799. The topological polar surface area (TPSA) is 84.7 Å². The Bertz CT molecular complexity index is 666. The van der Waals surface area contributed by atoms with Gasteiger partial charge in [0.15, 0.2) is 0 Å². The molecule has 0 aromatic heterocycles. The number of piperidine rings is 1.